The van der Waals surface area contributed by atoms with Gasteiger partial charge in [0.15, 0.2) is 0 Å². The Morgan fingerprint density at radius 3 is 2.50 bits per heavy atom. The first-order chi connectivity index (χ1) is 12.6. The molecule has 26 heavy (non-hydrogen) atoms. The smallest absolute Gasteiger partial charge is 0.247 e. The van der Waals surface area contributed by atoms with Gasteiger partial charge in [-0.1, -0.05) is 58.4 Å². The van der Waals surface area contributed by atoms with Crippen molar-refractivity contribution in [3.8, 4) is 0 Å². The average Bonchev–Trinajstić information content (AvgIpc) is 3.20. The van der Waals surface area contributed by atoms with Crippen LogP contribution in [0, 0.1) is 0 Å². The zero-order chi connectivity index (χ0) is 18.4. The molecule has 134 valence electrons. The third-order valence-electron chi connectivity index (χ3n) is 4.27. The van der Waals surface area contributed by atoms with Crippen molar-refractivity contribution < 1.29 is 4.79 Å². The van der Waals surface area contributed by atoms with Crippen LogP contribution in [0.3, 0.4) is 0 Å². The molecule has 1 atom stereocenters. The third-order valence-corrected chi connectivity index (χ3v) is 4.80. The van der Waals surface area contributed by atoms with Crippen molar-refractivity contribution in [1.29, 1.82) is 0 Å². The van der Waals surface area contributed by atoms with E-state index >= 15 is 0 Å². The van der Waals surface area contributed by atoms with Crippen molar-refractivity contribution in [3.05, 3.63) is 76.5 Å². The monoisotopic (exact) mass is 413 g/mol. The van der Waals surface area contributed by atoms with Crippen LogP contribution in [0.2, 0.25) is 0 Å². The van der Waals surface area contributed by atoms with Crippen LogP contribution in [-0.2, 0) is 17.6 Å². The molecule has 6 nitrogen and oxygen atoms in total. The minimum atomic E-state index is -0.456. The summed E-state index contributed by atoms with van der Waals surface area (Å²) in [6.07, 6.45) is 2.84. The molecule has 1 heterocycles. The predicted octanol–water partition coefficient (Wildman–Crippen LogP) is 2.92. The first-order valence-electron chi connectivity index (χ1n) is 8.39. The fourth-order valence-electron chi connectivity index (χ4n) is 2.76. The molecule has 0 bridgehead atoms. The van der Waals surface area contributed by atoms with Gasteiger partial charge in [-0.25, -0.2) is 4.68 Å². The predicted molar refractivity (Wildman–Crippen MR) is 102 cm³/mol. The lowest BCUT2D eigenvalue weighted by Gasteiger charge is -2.23. The van der Waals surface area contributed by atoms with E-state index in [9.17, 15) is 4.79 Å². The summed E-state index contributed by atoms with van der Waals surface area (Å²) in [4.78, 5) is 14.8. The first kappa shape index (κ1) is 18.3. The molecule has 0 spiro atoms. The number of halogens is 1. The van der Waals surface area contributed by atoms with E-state index in [2.05, 4.69) is 43.6 Å². The summed E-state index contributed by atoms with van der Waals surface area (Å²) in [5, 5.41) is 11.3. The van der Waals surface area contributed by atoms with E-state index < -0.39 is 6.04 Å². The fraction of sp³-hybridized carbons (Fsp3) is 0.263. The summed E-state index contributed by atoms with van der Waals surface area (Å²) < 4.78 is 2.58. The molecule has 1 aromatic heterocycles. The molecule has 7 heteroatoms. The van der Waals surface area contributed by atoms with Gasteiger partial charge in [-0.05, 0) is 40.1 Å². The highest BCUT2D eigenvalue weighted by Crippen LogP contribution is 2.16. The molecule has 0 aliphatic carbocycles. The molecule has 1 unspecified atom stereocenters. The van der Waals surface area contributed by atoms with E-state index in [1.807, 2.05) is 49.5 Å². The fourth-order valence-corrected chi connectivity index (χ4v) is 3.02. The Morgan fingerprint density at radius 2 is 1.85 bits per heavy atom. The second-order valence-electron chi connectivity index (χ2n) is 6.13. The first-order valence-corrected chi connectivity index (χ1v) is 9.18. The zero-order valence-corrected chi connectivity index (χ0v) is 16.1. The van der Waals surface area contributed by atoms with Gasteiger partial charge in [-0.15, -0.1) is 5.10 Å². The molecule has 0 N–H and O–H groups in total. The van der Waals surface area contributed by atoms with Gasteiger partial charge in [0.1, 0.15) is 12.4 Å². The van der Waals surface area contributed by atoms with Crippen LogP contribution in [0.5, 0.6) is 0 Å². The van der Waals surface area contributed by atoms with E-state index in [0.29, 0.717) is 13.0 Å². The van der Waals surface area contributed by atoms with Gasteiger partial charge >= 0.3 is 0 Å². The van der Waals surface area contributed by atoms with Crippen LogP contribution >= 0.6 is 15.9 Å². The topological polar surface area (TPSA) is 63.9 Å². The number of hydrogen-bond acceptors (Lipinski definition) is 4. The van der Waals surface area contributed by atoms with Crippen LogP contribution < -0.4 is 0 Å². The Morgan fingerprint density at radius 1 is 1.12 bits per heavy atom. The number of amides is 1. The Bertz CT molecular complexity index is 821. The van der Waals surface area contributed by atoms with Crippen LogP contribution in [0.1, 0.15) is 17.2 Å². The van der Waals surface area contributed by atoms with Crippen molar-refractivity contribution in [2.24, 2.45) is 0 Å². The summed E-state index contributed by atoms with van der Waals surface area (Å²) in [7, 11) is 1.82. The van der Waals surface area contributed by atoms with Gasteiger partial charge in [-0.2, -0.15) is 0 Å². The lowest BCUT2D eigenvalue weighted by Crippen LogP contribution is -2.37. The summed E-state index contributed by atoms with van der Waals surface area (Å²) in [6, 6.07) is 17.6. The van der Waals surface area contributed by atoms with Crippen LogP contribution in [0.4, 0.5) is 0 Å². The van der Waals surface area contributed by atoms with Crippen LogP contribution in [0.15, 0.2) is 65.4 Å². The maximum absolute atomic E-state index is 13.0. The van der Waals surface area contributed by atoms with E-state index in [4.69, 9.17) is 0 Å². The van der Waals surface area contributed by atoms with Crippen molar-refractivity contribution >= 4 is 21.8 Å². The van der Waals surface area contributed by atoms with Crippen molar-refractivity contribution in [2.45, 2.75) is 18.9 Å². The maximum atomic E-state index is 13.0. The van der Waals surface area contributed by atoms with Crippen LogP contribution in [0.25, 0.3) is 0 Å². The SMILES string of the molecule is CN(CCc1ccc(Br)cc1)C(=O)C(Cc1ccccc1)n1cnnn1. The van der Waals surface area contributed by atoms with E-state index in [1.54, 1.807) is 4.90 Å². The number of tetrazole rings is 1. The molecule has 1 amide bonds. The average molecular weight is 414 g/mol. The van der Waals surface area contributed by atoms with E-state index in [0.717, 1.165) is 16.5 Å². The summed E-state index contributed by atoms with van der Waals surface area (Å²) in [6.45, 7) is 0.633. The largest absolute Gasteiger partial charge is 0.344 e. The molecule has 0 saturated heterocycles. The zero-order valence-electron chi connectivity index (χ0n) is 14.5. The minimum Gasteiger partial charge on any atom is -0.344 e. The number of rotatable bonds is 7. The number of carbonyl (C=O) groups is 1. The highest BCUT2D eigenvalue weighted by atomic mass is 79.9. The van der Waals surface area contributed by atoms with Crippen LogP contribution in [-0.4, -0.2) is 44.6 Å². The van der Waals surface area contributed by atoms with Crippen molar-refractivity contribution in [1.82, 2.24) is 25.1 Å². The summed E-state index contributed by atoms with van der Waals surface area (Å²) in [5.74, 6) is -0.00161. The number of carbonyl (C=O) groups excluding carboxylic acids is 1. The molecule has 0 aliphatic heterocycles. The van der Waals surface area contributed by atoms with Crippen molar-refractivity contribution in [2.75, 3.05) is 13.6 Å². The molecule has 2 aromatic carbocycles. The number of aromatic nitrogens is 4. The van der Waals surface area contributed by atoms with E-state index in [-0.39, 0.29) is 5.91 Å². The van der Waals surface area contributed by atoms with Gasteiger partial charge < -0.3 is 4.90 Å². The van der Waals surface area contributed by atoms with Gasteiger partial charge in [0.25, 0.3) is 0 Å². The molecule has 0 radical (unpaired) electrons. The molecule has 0 aliphatic rings. The molecular formula is C19H20BrN5O. The quantitative estimate of drug-likeness (QED) is 0.597. The summed E-state index contributed by atoms with van der Waals surface area (Å²) in [5.41, 5.74) is 2.26. The Hall–Kier alpha value is -2.54. The Kier molecular flexibility index (Phi) is 6.12. The molecule has 0 saturated carbocycles. The second-order valence-corrected chi connectivity index (χ2v) is 7.05. The number of hydrogen-bond donors (Lipinski definition) is 0. The minimum absolute atomic E-state index is 0.00161. The van der Waals surface area contributed by atoms with Gasteiger partial charge in [0, 0.05) is 24.5 Å². The normalized spacial score (nSPS) is 11.9. The number of likely N-dealkylation sites (N-methyl/N-ethyl adjacent to an activating group) is 1. The third kappa shape index (κ3) is 4.76. The molecule has 0 fully saturated rings. The lowest BCUT2D eigenvalue weighted by atomic mass is 10.0. The van der Waals surface area contributed by atoms with Gasteiger partial charge in [0.05, 0.1) is 0 Å². The highest BCUT2D eigenvalue weighted by Gasteiger charge is 2.25. The lowest BCUT2D eigenvalue weighted by molar-refractivity contribution is -0.133. The summed E-state index contributed by atoms with van der Waals surface area (Å²) >= 11 is 3.44. The van der Waals surface area contributed by atoms with Gasteiger partial charge in [0.2, 0.25) is 5.91 Å². The number of benzene rings is 2. The second kappa shape index (κ2) is 8.71. The maximum Gasteiger partial charge on any atom is 0.247 e. The standard InChI is InChI=1S/C19H20BrN5O/c1-24(12-11-15-7-9-17(20)10-8-15)19(26)18(25-14-21-22-23-25)13-16-5-3-2-4-6-16/h2-10,14,18H,11-13H2,1H3. The van der Waals surface area contributed by atoms with E-state index in [1.165, 1.54) is 16.6 Å². The Balaban J connectivity index is 1.69. The van der Waals surface area contributed by atoms with Crippen molar-refractivity contribution in [3.63, 3.8) is 0 Å². The molecule has 3 aromatic rings. The van der Waals surface area contributed by atoms with Gasteiger partial charge in [-0.3, -0.25) is 4.79 Å². The Labute approximate surface area is 161 Å². The molecule has 3 rings (SSSR count). The molecular weight excluding hydrogens is 394 g/mol. The number of nitrogens with zero attached hydrogens (tertiary/aromatic N) is 5. The highest BCUT2D eigenvalue weighted by molar-refractivity contribution is 9.10.